The van der Waals surface area contributed by atoms with Crippen molar-refractivity contribution in [2.75, 3.05) is 26.7 Å². The number of rotatable bonds is 4. The van der Waals surface area contributed by atoms with E-state index in [0.717, 1.165) is 30.8 Å². The molecule has 1 aliphatic rings. The molecule has 1 fully saturated rings. The van der Waals surface area contributed by atoms with E-state index in [1.165, 1.54) is 0 Å². The van der Waals surface area contributed by atoms with Crippen LogP contribution in [0.1, 0.15) is 12.8 Å². The van der Waals surface area contributed by atoms with Gasteiger partial charge < -0.3 is 9.64 Å². The fourth-order valence-electron chi connectivity index (χ4n) is 2.07. The Morgan fingerprint density at radius 2 is 1.80 bits per heavy atom. The second kappa shape index (κ2) is 6.72. The molecular weight excluding hydrogens is 287 g/mol. The molecule has 1 aromatic rings. The highest BCUT2D eigenvalue weighted by molar-refractivity contribution is 8.00. The summed E-state index contributed by atoms with van der Waals surface area (Å²) in [6.07, 6.45) is -2.00. The molecule has 20 heavy (non-hydrogen) atoms. The highest BCUT2D eigenvalue weighted by atomic mass is 32.2. The summed E-state index contributed by atoms with van der Waals surface area (Å²) in [4.78, 5) is 3.39. The van der Waals surface area contributed by atoms with Crippen molar-refractivity contribution in [3.63, 3.8) is 0 Å². The van der Waals surface area contributed by atoms with Gasteiger partial charge in [0.2, 0.25) is 0 Å². The first-order valence-corrected chi connectivity index (χ1v) is 7.45. The number of ether oxygens (including phenoxy) is 1. The van der Waals surface area contributed by atoms with Crippen molar-refractivity contribution in [1.29, 1.82) is 0 Å². The Labute approximate surface area is 121 Å². The first kappa shape index (κ1) is 15.5. The van der Waals surface area contributed by atoms with Crippen LogP contribution in [-0.2, 0) is 0 Å². The van der Waals surface area contributed by atoms with Crippen LogP contribution in [-0.4, -0.2) is 43.1 Å². The largest absolute Gasteiger partial charge is 0.484 e. The second-order valence-electron chi connectivity index (χ2n) is 5.00. The molecule has 1 aliphatic heterocycles. The molecule has 6 heteroatoms. The fourth-order valence-corrected chi connectivity index (χ4v) is 3.20. The molecule has 0 amide bonds. The first-order valence-electron chi connectivity index (χ1n) is 6.57. The molecule has 0 bridgehead atoms. The van der Waals surface area contributed by atoms with Crippen LogP contribution in [0.3, 0.4) is 0 Å². The maximum absolute atomic E-state index is 12.0. The lowest BCUT2D eigenvalue weighted by Gasteiger charge is -2.28. The quantitative estimate of drug-likeness (QED) is 0.839. The molecule has 112 valence electrons. The summed E-state index contributed by atoms with van der Waals surface area (Å²) in [6.45, 7) is 0.962. The Kier molecular flexibility index (Phi) is 5.21. The van der Waals surface area contributed by atoms with Gasteiger partial charge in [-0.1, -0.05) is 0 Å². The van der Waals surface area contributed by atoms with Crippen molar-refractivity contribution >= 4 is 11.8 Å². The normalized spacial score (nSPS) is 18.2. The predicted molar refractivity (Wildman–Crippen MR) is 74.4 cm³/mol. The molecule has 0 spiro atoms. The lowest BCUT2D eigenvalue weighted by atomic mass is 10.1. The van der Waals surface area contributed by atoms with Gasteiger partial charge in [0, 0.05) is 10.1 Å². The van der Waals surface area contributed by atoms with E-state index in [4.69, 9.17) is 0 Å². The van der Waals surface area contributed by atoms with E-state index in [1.54, 1.807) is 23.9 Å². The number of piperidine rings is 1. The zero-order valence-electron chi connectivity index (χ0n) is 11.3. The highest BCUT2D eigenvalue weighted by Gasteiger charge is 2.28. The Morgan fingerprint density at radius 1 is 1.20 bits per heavy atom. The number of hydrogen-bond acceptors (Lipinski definition) is 3. The standard InChI is InChI=1S/C14H18F3NOS/c1-18-8-6-13(7-9-18)20-12-4-2-11(3-5-12)19-10-14(15,16)17/h2-5,13H,6-10H2,1H3. The molecule has 1 heterocycles. The summed E-state index contributed by atoms with van der Waals surface area (Å²) in [6, 6.07) is 6.86. The Hall–Kier alpha value is -0.880. The lowest BCUT2D eigenvalue weighted by molar-refractivity contribution is -0.153. The topological polar surface area (TPSA) is 12.5 Å². The van der Waals surface area contributed by atoms with E-state index in [-0.39, 0.29) is 5.75 Å². The monoisotopic (exact) mass is 305 g/mol. The first-order chi connectivity index (χ1) is 9.42. The fraction of sp³-hybridized carbons (Fsp3) is 0.571. The molecule has 0 unspecified atom stereocenters. The summed E-state index contributed by atoms with van der Waals surface area (Å²) in [5, 5.41) is 0.591. The van der Waals surface area contributed by atoms with Gasteiger partial charge in [0.05, 0.1) is 0 Å². The number of hydrogen-bond donors (Lipinski definition) is 0. The number of halogens is 3. The Morgan fingerprint density at radius 3 is 2.35 bits per heavy atom. The van der Waals surface area contributed by atoms with E-state index in [9.17, 15) is 13.2 Å². The van der Waals surface area contributed by atoms with Crippen molar-refractivity contribution in [1.82, 2.24) is 4.90 Å². The second-order valence-corrected chi connectivity index (χ2v) is 6.37. The average Bonchev–Trinajstić information content (AvgIpc) is 2.40. The number of benzene rings is 1. The van der Waals surface area contributed by atoms with Crippen molar-refractivity contribution in [2.45, 2.75) is 29.2 Å². The molecule has 0 aromatic heterocycles. The van der Waals surface area contributed by atoms with Crippen LogP contribution in [0.15, 0.2) is 29.2 Å². The van der Waals surface area contributed by atoms with Gasteiger partial charge in [-0.25, -0.2) is 0 Å². The number of thioether (sulfide) groups is 1. The zero-order valence-corrected chi connectivity index (χ0v) is 12.1. The number of likely N-dealkylation sites (tertiary alicyclic amines) is 1. The summed E-state index contributed by atoms with van der Waals surface area (Å²) >= 11 is 1.79. The molecule has 0 aliphatic carbocycles. The maximum atomic E-state index is 12.0. The van der Waals surface area contributed by atoms with E-state index >= 15 is 0 Å². The molecule has 1 saturated heterocycles. The van der Waals surface area contributed by atoms with Gasteiger partial charge in [-0.3, -0.25) is 0 Å². The molecule has 0 saturated carbocycles. The van der Waals surface area contributed by atoms with Crippen LogP contribution in [0, 0.1) is 0 Å². The minimum Gasteiger partial charge on any atom is -0.484 e. The van der Waals surface area contributed by atoms with E-state index < -0.39 is 12.8 Å². The SMILES string of the molecule is CN1CCC(Sc2ccc(OCC(F)(F)F)cc2)CC1. The molecule has 1 aromatic carbocycles. The van der Waals surface area contributed by atoms with Gasteiger partial charge in [-0.15, -0.1) is 11.8 Å². The third-order valence-corrected chi connectivity index (χ3v) is 4.54. The van der Waals surface area contributed by atoms with Crippen LogP contribution < -0.4 is 4.74 Å². The van der Waals surface area contributed by atoms with Crippen molar-refractivity contribution < 1.29 is 17.9 Å². The summed E-state index contributed by atoms with van der Waals surface area (Å²) < 4.78 is 40.8. The Bertz CT molecular complexity index is 413. The third-order valence-electron chi connectivity index (χ3n) is 3.19. The van der Waals surface area contributed by atoms with Crippen molar-refractivity contribution in [3.05, 3.63) is 24.3 Å². The summed E-state index contributed by atoms with van der Waals surface area (Å²) in [7, 11) is 2.12. The van der Waals surface area contributed by atoms with Gasteiger partial charge in [0.25, 0.3) is 0 Å². The van der Waals surface area contributed by atoms with Crippen LogP contribution in [0.2, 0.25) is 0 Å². The van der Waals surface area contributed by atoms with Crippen LogP contribution >= 0.6 is 11.8 Å². The van der Waals surface area contributed by atoms with Gasteiger partial charge in [-0.2, -0.15) is 13.2 Å². The molecule has 0 N–H and O–H groups in total. The molecule has 2 nitrogen and oxygen atoms in total. The lowest BCUT2D eigenvalue weighted by Crippen LogP contribution is -2.31. The van der Waals surface area contributed by atoms with Crippen LogP contribution in [0.5, 0.6) is 5.75 Å². The molecule has 0 radical (unpaired) electrons. The van der Waals surface area contributed by atoms with E-state index in [2.05, 4.69) is 16.7 Å². The van der Waals surface area contributed by atoms with Gasteiger partial charge in [-0.05, 0) is 57.2 Å². The van der Waals surface area contributed by atoms with Gasteiger partial charge in [0.15, 0.2) is 6.61 Å². The minimum atomic E-state index is -4.29. The number of alkyl halides is 3. The summed E-state index contributed by atoms with van der Waals surface area (Å²) in [5.41, 5.74) is 0. The predicted octanol–water partition coefficient (Wildman–Crippen LogP) is 3.81. The number of nitrogens with zero attached hydrogens (tertiary/aromatic N) is 1. The molecule has 0 atom stereocenters. The van der Waals surface area contributed by atoms with Gasteiger partial charge in [0.1, 0.15) is 5.75 Å². The Balaban J connectivity index is 1.82. The highest BCUT2D eigenvalue weighted by Crippen LogP contribution is 2.31. The summed E-state index contributed by atoms with van der Waals surface area (Å²) in [5.74, 6) is 0.259. The molecule has 2 rings (SSSR count). The van der Waals surface area contributed by atoms with Crippen molar-refractivity contribution in [2.24, 2.45) is 0 Å². The van der Waals surface area contributed by atoms with E-state index in [1.807, 2.05) is 12.1 Å². The van der Waals surface area contributed by atoms with Gasteiger partial charge >= 0.3 is 6.18 Å². The molecular formula is C14H18F3NOS. The maximum Gasteiger partial charge on any atom is 0.422 e. The third kappa shape index (κ3) is 5.25. The minimum absolute atomic E-state index is 0.259. The zero-order chi connectivity index (χ0) is 14.6. The average molecular weight is 305 g/mol. The van der Waals surface area contributed by atoms with E-state index in [0.29, 0.717) is 5.25 Å². The van der Waals surface area contributed by atoms with Crippen LogP contribution in [0.25, 0.3) is 0 Å². The van der Waals surface area contributed by atoms with Crippen LogP contribution in [0.4, 0.5) is 13.2 Å². The smallest absolute Gasteiger partial charge is 0.422 e. The van der Waals surface area contributed by atoms with Crippen molar-refractivity contribution in [3.8, 4) is 5.75 Å².